The van der Waals surface area contributed by atoms with Crippen molar-refractivity contribution in [1.29, 1.82) is 0 Å². The van der Waals surface area contributed by atoms with Gasteiger partial charge in [0, 0.05) is 36.5 Å². The van der Waals surface area contributed by atoms with Gasteiger partial charge in [-0.05, 0) is 43.5 Å². The van der Waals surface area contributed by atoms with Crippen LogP contribution in [0.4, 0.5) is 0 Å². The number of aromatic nitrogens is 1. The van der Waals surface area contributed by atoms with Crippen LogP contribution in [0.5, 0.6) is 11.5 Å². The van der Waals surface area contributed by atoms with E-state index in [0.29, 0.717) is 43.0 Å². The molecule has 1 fully saturated rings. The van der Waals surface area contributed by atoms with Crippen LogP contribution in [0.25, 0.3) is 16.9 Å². The molecule has 1 aromatic heterocycles. The lowest BCUT2D eigenvalue weighted by atomic mass is 9.96. The Hall–Kier alpha value is -3.74. The van der Waals surface area contributed by atoms with E-state index in [1.165, 1.54) is 0 Å². The molecule has 2 aliphatic heterocycles. The van der Waals surface area contributed by atoms with Crippen molar-refractivity contribution in [1.82, 2.24) is 9.47 Å². The van der Waals surface area contributed by atoms with Gasteiger partial charge in [0.1, 0.15) is 0 Å². The van der Waals surface area contributed by atoms with Crippen LogP contribution in [0.2, 0.25) is 0 Å². The molecule has 0 unspecified atom stereocenters. The second-order valence-corrected chi connectivity index (χ2v) is 8.24. The Labute approximate surface area is 186 Å². The van der Waals surface area contributed by atoms with Crippen LogP contribution in [-0.4, -0.2) is 41.2 Å². The Balaban J connectivity index is 1.55. The van der Waals surface area contributed by atoms with Gasteiger partial charge >= 0.3 is 0 Å². The van der Waals surface area contributed by atoms with E-state index in [9.17, 15) is 9.59 Å². The van der Waals surface area contributed by atoms with Crippen LogP contribution in [0.3, 0.4) is 0 Å². The second-order valence-electron chi connectivity index (χ2n) is 8.24. The van der Waals surface area contributed by atoms with Crippen LogP contribution in [0.15, 0.2) is 54.6 Å². The van der Waals surface area contributed by atoms with E-state index in [4.69, 9.17) is 15.2 Å². The number of rotatable bonds is 4. The average Bonchev–Trinajstić information content (AvgIpc) is 3.43. The van der Waals surface area contributed by atoms with Crippen LogP contribution in [0.1, 0.15) is 28.9 Å². The first-order chi connectivity index (χ1) is 15.5. The minimum absolute atomic E-state index is 0.0258. The molecule has 0 spiro atoms. The molecule has 7 heteroatoms. The van der Waals surface area contributed by atoms with Crippen molar-refractivity contribution in [2.75, 3.05) is 19.9 Å². The highest BCUT2D eigenvalue weighted by Crippen LogP contribution is 2.37. The molecule has 7 nitrogen and oxygen atoms in total. The largest absolute Gasteiger partial charge is 0.454 e. The molecule has 1 saturated heterocycles. The van der Waals surface area contributed by atoms with E-state index in [-0.39, 0.29) is 24.5 Å². The van der Waals surface area contributed by atoms with Gasteiger partial charge in [-0.1, -0.05) is 30.3 Å². The number of primary amides is 1. The van der Waals surface area contributed by atoms with E-state index in [1.807, 2.05) is 66.4 Å². The summed E-state index contributed by atoms with van der Waals surface area (Å²) in [5, 5.41) is 0. The predicted octanol–water partition coefficient (Wildman–Crippen LogP) is 3.52. The SMILES string of the molecule is Cc1c(C(=O)N2CCC(C(N)=O)CC2)cc(-c2ccccc2)n1-c1ccc2c(c1)OCO2. The number of nitrogens with zero attached hydrogens (tertiary/aromatic N) is 2. The summed E-state index contributed by atoms with van der Waals surface area (Å²) in [5.74, 6) is 0.943. The molecule has 32 heavy (non-hydrogen) atoms. The summed E-state index contributed by atoms with van der Waals surface area (Å²) in [6.07, 6.45) is 1.21. The van der Waals surface area contributed by atoms with Crippen LogP contribution < -0.4 is 15.2 Å². The highest BCUT2D eigenvalue weighted by molar-refractivity contribution is 5.97. The van der Waals surface area contributed by atoms with Crippen molar-refractivity contribution in [3.8, 4) is 28.4 Å². The minimum Gasteiger partial charge on any atom is -0.454 e. The molecular formula is C25H25N3O4. The standard InChI is InChI=1S/C25H25N3O4/c1-16-20(25(30)27-11-9-18(10-12-27)24(26)29)14-21(17-5-3-2-4-6-17)28(16)19-7-8-22-23(13-19)32-15-31-22/h2-8,13-14,18H,9-12,15H2,1H3,(H2,26,29). The first-order valence-electron chi connectivity index (χ1n) is 10.8. The van der Waals surface area contributed by atoms with Crippen molar-refractivity contribution in [3.63, 3.8) is 0 Å². The Morgan fingerprint density at radius 3 is 2.41 bits per heavy atom. The zero-order chi connectivity index (χ0) is 22.2. The monoisotopic (exact) mass is 431 g/mol. The molecule has 2 aromatic carbocycles. The number of amides is 2. The van der Waals surface area contributed by atoms with E-state index >= 15 is 0 Å². The fraction of sp³-hybridized carbons (Fsp3) is 0.280. The topological polar surface area (TPSA) is 86.8 Å². The first kappa shape index (κ1) is 20.2. The molecular weight excluding hydrogens is 406 g/mol. The summed E-state index contributed by atoms with van der Waals surface area (Å²) in [5.41, 5.74) is 9.80. The molecule has 3 aromatic rings. The Kier molecular flexibility index (Phi) is 5.09. The summed E-state index contributed by atoms with van der Waals surface area (Å²) in [6, 6.07) is 17.8. The van der Waals surface area contributed by atoms with Crippen LogP contribution in [0, 0.1) is 12.8 Å². The number of hydrogen-bond donors (Lipinski definition) is 1. The Bertz CT molecular complexity index is 1180. The third-order valence-electron chi connectivity index (χ3n) is 6.35. The minimum atomic E-state index is -0.284. The number of carbonyl (C=O) groups excluding carboxylic acids is 2. The number of carbonyl (C=O) groups is 2. The number of ether oxygens (including phenoxy) is 2. The fourth-order valence-electron chi connectivity index (χ4n) is 4.54. The lowest BCUT2D eigenvalue weighted by Crippen LogP contribution is -2.41. The predicted molar refractivity (Wildman–Crippen MR) is 120 cm³/mol. The van der Waals surface area contributed by atoms with E-state index in [2.05, 4.69) is 4.57 Å². The van der Waals surface area contributed by atoms with Crippen molar-refractivity contribution < 1.29 is 19.1 Å². The van der Waals surface area contributed by atoms with Crippen molar-refractivity contribution in [3.05, 3.63) is 65.9 Å². The first-order valence-corrected chi connectivity index (χ1v) is 10.8. The summed E-state index contributed by atoms with van der Waals surface area (Å²) < 4.78 is 13.1. The molecule has 3 heterocycles. The molecule has 2 amide bonds. The van der Waals surface area contributed by atoms with Gasteiger partial charge in [-0.2, -0.15) is 0 Å². The van der Waals surface area contributed by atoms with Gasteiger partial charge in [0.25, 0.3) is 5.91 Å². The van der Waals surface area contributed by atoms with Crippen LogP contribution >= 0.6 is 0 Å². The van der Waals surface area contributed by atoms with Crippen LogP contribution in [-0.2, 0) is 4.79 Å². The summed E-state index contributed by atoms with van der Waals surface area (Å²) >= 11 is 0. The Morgan fingerprint density at radius 1 is 0.969 bits per heavy atom. The third-order valence-corrected chi connectivity index (χ3v) is 6.35. The quantitative estimate of drug-likeness (QED) is 0.685. The van der Waals surface area contributed by atoms with Gasteiger partial charge in [-0.15, -0.1) is 0 Å². The summed E-state index contributed by atoms with van der Waals surface area (Å²) in [4.78, 5) is 26.8. The third kappa shape index (κ3) is 3.49. The number of benzene rings is 2. The molecule has 0 bridgehead atoms. The lowest BCUT2D eigenvalue weighted by Gasteiger charge is -2.30. The van der Waals surface area contributed by atoms with Gasteiger partial charge in [-0.25, -0.2) is 0 Å². The maximum atomic E-state index is 13.5. The smallest absolute Gasteiger partial charge is 0.255 e. The molecule has 5 rings (SSSR count). The van der Waals surface area contributed by atoms with E-state index in [0.717, 1.165) is 22.6 Å². The lowest BCUT2D eigenvalue weighted by molar-refractivity contribution is -0.123. The molecule has 0 atom stereocenters. The molecule has 0 aliphatic carbocycles. The van der Waals surface area contributed by atoms with Crippen molar-refractivity contribution in [2.45, 2.75) is 19.8 Å². The zero-order valence-corrected chi connectivity index (χ0v) is 17.9. The van der Waals surface area contributed by atoms with Gasteiger partial charge < -0.3 is 24.7 Å². The van der Waals surface area contributed by atoms with Gasteiger partial charge in [0.05, 0.1) is 11.3 Å². The van der Waals surface area contributed by atoms with E-state index in [1.54, 1.807) is 0 Å². The molecule has 2 N–H and O–H groups in total. The number of likely N-dealkylation sites (tertiary alicyclic amines) is 1. The molecule has 0 saturated carbocycles. The number of hydrogen-bond acceptors (Lipinski definition) is 4. The average molecular weight is 431 g/mol. The Morgan fingerprint density at radius 2 is 1.69 bits per heavy atom. The molecule has 164 valence electrons. The zero-order valence-electron chi connectivity index (χ0n) is 17.9. The highest BCUT2D eigenvalue weighted by atomic mass is 16.7. The fourth-order valence-corrected chi connectivity index (χ4v) is 4.54. The maximum absolute atomic E-state index is 13.5. The highest BCUT2D eigenvalue weighted by Gasteiger charge is 2.29. The normalized spacial score (nSPS) is 15.7. The maximum Gasteiger partial charge on any atom is 0.255 e. The molecule has 2 aliphatic rings. The van der Waals surface area contributed by atoms with Crippen molar-refractivity contribution >= 4 is 11.8 Å². The second kappa shape index (κ2) is 8.07. The molecule has 0 radical (unpaired) electrons. The van der Waals surface area contributed by atoms with E-state index < -0.39 is 0 Å². The number of fused-ring (bicyclic) bond motifs is 1. The van der Waals surface area contributed by atoms with Crippen molar-refractivity contribution in [2.24, 2.45) is 11.7 Å². The summed E-state index contributed by atoms with van der Waals surface area (Å²) in [7, 11) is 0. The summed E-state index contributed by atoms with van der Waals surface area (Å²) in [6.45, 7) is 3.23. The van der Waals surface area contributed by atoms with Gasteiger partial charge in [0.2, 0.25) is 12.7 Å². The number of nitrogens with two attached hydrogens (primary N) is 1. The number of piperidine rings is 1. The van der Waals surface area contributed by atoms with Gasteiger partial charge in [0.15, 0.2) is 11.5 Å². The van der Waals surface area contributed by atoms with Gasteiger partial charge in [-0.3, -0.25) is 9.59 Å².